The monoisotopic (exact) mass is 360 g/mol. The Labute approximate surface area is 148 Å². The van der Waals surface area contributed by atoms with E-state index in [1.54, 1.807) is 6.07 Å². The van der Waals surface area contributed by atoms with Gasteiger partial charge in [0.2, 0.25) is 0 Å². The van der Waals surface area contributed by atoms with Crippen molar-refractivity contribution in [2.45, 2.75) is 25.9 Å². The lowest BCUT2D eigenvalue weighted by Crippen LogP contribution is -2.07. The Bertz CT molecular complexity index is 975. The molecule has 0 spiro atoms. The van der Waals surface area contributed by atoms with Gasteiger partial charge in [0.1, 0.15) is 17.9 Å². The predicted octanol–water partition coefficient (Wildman–Crippen LogP) is 5.17. The number of rotatable bonds is 3. The van der Waals surface area contributed by atoms with Crippen LogP contribution in [0.25, 0.3) is 11.0 Å². The summed E-state index contributed by atoms with van der Waals surface area (Å²) in [6.07, 6.45) is 2.64. The van der Waals surface area contributed by atoms with Gasteiger partial charge in [0.05, 0.1) is 5.02 Å². The molecule has 0 saturated carbocycles. The van der Waals surface area contributed by atoms with Crippen LogP contribution in [0.5, 0.6) is 5.75 Å². The van der Waals surface area contributed by atoms with E-state index in [-0.39, 0.29) is 5.63 Å². The number of halogens is 2. The van der Waals surface area contributed by atoms with Crippen molar-refractivity contribution in [3.05, 3.63) is 73.6 Å². The third-order valence-electron chi connectivity index (χ3n) is 4.33. The van der Waals surface area contributed by atoms with Crippen molar-refractivity contribution in [3.8, 4) is 5.75 Å². The molecule has 0 saturated heterocycles. The lowest BCUT2D eigenvalue weighted by molar-refractivity contribution is 0.306. The maximum Gasteiger partial charge on any atom is 0.339 e. The molecule has 3 nitrogen and oxygen atoms in total. The zero-order chi connectivity index (χ0) is 16.7. The van der Waals surface area contributed by atoms with E-state index in [1.165, 1.54) is 0 Å². The molecule has 1 aliphatic carbocycles. The first kappa shape index (κ1) is 15.6. The Hall–Kier alpha value is -1.97. The van der Waals surface area contributed by atoms with E-state index in [4.69, 9.17) is 32.4 Å². The molecular weight excluding hydrogens is 347 g/mol. The SMILES string of the molecule is O=c1oc2cc(OCc3ccc(Cl)cc3)c(Cl)cc2c2c1CCC2. The van der Waals surface area contributed by atoms with Crippen LogP contribution in [-0.4, -0.2) is 0 Å². The van der Waals surface area contributed by atoms with Gasteiger partial charge in [-0.15, -0.1) is 0 Å². The molecule has 0 bridgehead atoms. The van der Waals surface area contributed by atoms with Gasteiger partial charge >= 0.3 is 5.63 Å². The van der Waals surface area contributed by atoms with Crippen molar-refractivity contribution < 1.29 is 9.15 Å². The Morgan fingerprint density at radius 1 is 1.04 bits per heavy atom. The number of aryl methyl sites for hydroxylation is 1. The fourth-order valence-corrected chi connectivity index (χ4v) is 3.48. The summed E-state index contributed by atoms with van der Waals surface area (Å²) in [6.45, 7) is 0.359. The molecule has 24 heavy (non-hydrogen) atoms. The molecule has 2 aromatic carbocycles. The summed E-state index contributed by atoms with van der Waals surface area (Å²) in [4.78, 5) is 12.1. The van der Waals surface area contributed by atoms with Crippen molar-refractivity contribution in [1.29, 1.82) is 0 Å². The summed E-state index contributed by atoms with van der Waals surface area (Å²) in [5.74, 6) is 0.500. The van der Waals surface area contributed by atoms with Gasteiger partial charge in [-0.2, -0.15) is 0 Å². The van der Waals surface area contributed by atoms with Gasteiger partial charge in [-0.05, 0) is 48.6 Å². The largest absolute Gasteiger partial charge is 0.487 e. The van der Waals surface area contributed by atoms with Gasteiger partial charge in [0.15, 0.2) is 0 Å². The average molecular weight is 361 g/mol. The number of benzene rings is 2. The first-order valence-corrected chi connectivity index (χ1v) is 8.53. The second-order valence-corrected chi connectivity index (χ2v) is 6.74. The molecule has 4 rings (SSSR count). The van der Waals surface area contributed by atoms with Crippen LogP contribution in [0.1, 0.15) is 23.1 Å². The van der Waals surface area contributed by atoms with Crippen LogP contribution in [0.2, 0.25) is 10.0 Å². The summed E-state index contributed by atoms with van der Waals surface area (Å²) in [6, 6.07) is 10.9. The molecule has 0 aliphatic heterocycles. The molecule has 1 aromatic heterocycles. The second-order valence-electron chi connectivity index (χ2n) is 5.89. The molecule has 0 N–H and O–H groups in total. The van der Waals surface area contributed by atoms with E-state index in [1.807, 2.05) is 30.3 Å². The van der Waals surface area contributed by atoms with Crippen LogP contribution < -0.4 is 10.4 Å². The molecular formula is C19H14Cl2O3. The summed E-state index contributed by atoms with van der Waals surface area (Å²) in [7, 11) is 0. The highest BCUT2D eigenvalue weighted by Crippen LogP contribution is 2.35. The molecule has 1 aliphatic rings. The number of ether oxygens (including phenoxy) is 1. The minimum absolute atomic E-state index is 0.249. The second kappa shape index (κ2) is 6.15. The van der Waals surface area contributed by atoms with E-state index in [2.05, 4.69) is 0 Å². The molecule has 5 heteroatoms. The molecule has 0 amide bonds. The maximum atomic E-state index is 12.1. The Morgan fingerprint density at radius 3 is 2.58 bits per heavy atom. The number of hydrogen-bond donors (Lipinski definition) is 0. The predicted molar refractivity (Wildman–Crippen MR) is 95.3 cm³/mol. The van der Waals surface area contributed by atoms with Gasteiger partial charge in [0, 0.05) is 22.0 Å². The van der Waals surface area contributed by atoms with Crippen LogP contribution in [0.15, 0.2) is 45.6 Å². The van der Waals surface area contributed by atoms with Crippen LogP contribution >= 0.6 is 23.2 Å². The lowest BCUT2D eigenvalue weighted by Gasteiger charge is -2.11. The average Bonchev–Trinajstić information content (AvgIpc) is 3.06. The summed E-state index contributed by atoms with van der Waals surface area (Å²) < 4.78 is 11.2. The van der Waals surface area contributed by atoms with Crippen LogP contribution in [-0.2, 0) is 19.4 Å². The highest BCUT2D eigenvalue weighted by Gasteiger charge is 2.20. The summed E-state index contributed by atoms with van der Waals surface area (Å²) in [5, 5.41) is 2.10. The third kappa shape index (κ3) is 2.79. The van der Waals surface area contributed by atoms with Crippen molar-refractivity contribution >= 4 is 34.2 Å². The Kier molecular flexibility index (Phi) is 3.99. The third-order valence-corrected chi connectivity index (χ3v) is 4.88. The Morgan fingerprint density at radius 2 is 1.79 bits per heavy atom. The molecule has 1 heterocycles. The normalized spacial score (nSPS) is 13.2. The highest BCUT2D eigenvalue weighted by atomic mass is 35.5. The Balaban J connectivity index is 1.69. The van der Waals surface area contributed by atoms with Crippen LogP contribution in [0.4, 0.5) is 0 Å². The van der Waals surface area contributed by atoms with E-state index >= 15 is 0 Å². The van der Waals surface area contributed by atoms with E-state index in [0.29, 0.717) is 28.0 Å². The van der Waals surface area contributed by atoms with E-state index in [9.17, 15) is 4.79 Å². The lowest BCUT2D eigenvalue weighted by atomic mass is 10.1. The van der Waals surface area contributed by atoms with E-state index < -0.39 is 0 Å². The molecule has 0 radical (unpaired) electrons. The first-order valence-electron chi connectivity index (χ1n) is 7.77. The fraction of sp³-hybridized carbons (Fsp3) is 0.211. The van der Waals surface area contributed by atoms with Crippen molar-refractivity contribution in [2.75, 3.05) is 0 Å². The minimum Gasteiger partial charge on any atom is -0.487 e. The van der Waals surface area contributed by atoms with Gasteiger partial charge in [-0.3, -0.25) is 0 Å². The quantitative estimate of drug-likeness (QED) is 0.605. The van der Waals surface area contributed by atoms with Crippen LogP contribution in [0.3, 0.4) is 0 Å². The fourth-order valence-electron chi connectivity index (χ4n) is 3.14. The van der Waals surface area contributed by atoms with Gasteiger partial charge in [-0.25, -0.2) is 4.79 Å². The zero-order valence-electron chi connectivity index (χ0n) is 12.8. The molecule has 3 aromatic rings. The maximum absolute atomic E-state index is 12.1. The minimum atomic E-state index is -0.249. The molecule has 0 fully saturated rings. The van der Waals surface area contributed by atoms with Crippen molar-refractivity contribution in [1.82, 2.24) is 0 Å². The zero-order valence-corrected chi connectivity index (χ0v) is 14.3. The standard InChI is InChI=1S/C19H14Cl2O3/c20-12-6-4-11(5-7-12)10-23-18-9-17-15(8-16(18)21)13-2-1-3-14(13)19(22)24-17/h4-9H,1-3,10H2. The number of fused-ring (bicyclic) bond motifs is 3. The van der Waals surface area contributed by atoms with Crippen LogP contribution in [0, 0.1) is 0 Å². The summed E-state index contributed by atoms with van der Waals surface area (Å²) >= 11 is 12.2. The molecule has 0 atom stereocenters. The molecule has 122 valence electrons. The topological polar surface area (TPSA) is 39.4 Å². The van der Waals surface area contributed by atoms with Crippen molar-refractivity contribution in [2.24, 2.45) is 0 Å². The van der Waals surface area contributed by atoms with Gasteiger partial charge < -0.3 is 9.15 Å². The van der Waals surface area contributed by atoms with Crippen molar-refractivity contribution in [3.63, 3.8) is 0 Å². The van der Waals surface area contributed by atoms with Gasteiger partial charge in [0.25, 0.3) is 0 Å². The summed E-state index contributed by atoms with van der Waals surface area (Å²) in [5.41, 5.74) is 3.10. The molecule has 0 unspecified atom stereocenters. The van der Waals surface area contributed by atoms with Gasteiger partial charge in [-0.1, -0.05) is 35.3 Å². The van der Waals surface area contributed by atoms with E-state index in [0.717, 1.165) is 41.3 Å². The highest BCUT2D eigenvalue weighted by molar-refractivity contribution is 6.32. The first-order chi connectivity index (χ1) is 11.6. The smallest absolute Gasteiger partial charge is 0.339 e. The number of hydrogen-bond acceptors (Lipinski definition) is 3.